The largest absolute Gasteiger partial charge is 0.497 e. The molecule has 0 radical (unpaired) electrons. The maximum Gasteiger partial charge on any atom is 0.255 e. The lowest BCUT2D eigenvalue weighted by Gasteiger charge is -2.51. The van der Waals surface area contributed by atoms with Gasteiger partial charge in [0.25, 0.3) is 5.91 Å². The number of fused-ring (bicyclic) bond motifs is 5. The van der Waals surface area contributed by atoms with Crippen molar-refractivity contribution in [3.63, 3.8) is 0 Å². The zero-order valence-corrected chi connectivity index (χ0v) is 23.9. The van der Waals surface area contributed by atoms with Crippen molar-refractivity contribution in [2.45, 2.75) is 38.3 Å². The van der Waals surface area contributed by atoms with E-state index in [-0.39, 0.29) is 24.3 Å². The SMILES string of the molecule is CCCOc1ccc([C@@H]2CN3C(=O)CN(Cc4cccc(OC)c4)C(=O)[C@]3(C)c3[nH]c4ccccc4c32)cc1OC. The van der Waals surface area contributed by atoms with Crippen LogP contribution in [0, 0.1) is 0 Å². The number of benzene rings is 3. The molecule has 6 rings (SSSR count). The molecule has 1 aromatic heterocycles. The number of ether oxygens (including phenoxy) is 3. The first kappa shape index (κ1) is 26.7. The zero-order valence-electron chi connectivity index (χ0n) is 23.9. The summed E-state index contributed by atoms with van der Waals surface area (Å²) in [5.74, 6) is 1.70. The molecule has 1 saturated heterocycles. The van der Waals surface area contributed by atoms with E-state index in [1.165, 1.54) is 0 Å². The quantitative estimate of drug-likeness (QED) is 0.324. The van der Waals surface area contributed by atoms with E-state index in [2.05, 4.69) is 18.0 Å². The summed E-state index contributed by atoms with van der Waals surface area (Å²) in [7, 11) is 3.25. The van der Waals surface area contributed by atoms with E-state index in [0.29, 0.717) is 36.9 Å². The number of methoxy groups -OCH3 is 2. The Labute approximate surface area is 239 Å². The van der Waals surface area contributed by atoms with Crippen LogP contribution in [0.15, 0.2) is 66.7 Å². The Morgan fingerprint density at radius 1 is 0.976 bits per heavy atom. The van der Waals surface area contributed by atoms with E-state index in [1.54, 1.807) is 24.0 Å². The summed E-state index contributed by atoms with van der Waals surface area (Å²) >= 11 is 0. The van der Waals surface area contributed by atoms with Crippen molar-refractivity contribution in [3.05, 3.63) is 89.1 Å². The molecule has 0 spiro atoms. The van der Waals surface area contributed by atoms with Crippen molar-refractivity contribution in [3.8, 4) is 17.2 Å². The normalized spacial score (nSPS) is 20.1. The summed E-state index contributed by atoms with van der Waals surface area (Å²) in [6, 6.07) is 21.7. The average Bonchev–Trinajstić information content (AvgIpc) is 3.40. The number of piperazine rings is 1. The third-order valence-corrected chi connectivity index (χ3v) is 8.38. The molecule has 212 valence electrons. The van der Waals surface area contributed by atoms with Crippen molar-refractivity contribution >= 4 is 22.7 Å². The number of hydrogen-bond acceptors (Lipinski definition) is 5. The van der Waals surface area contributed by atoms with Crippen molar-refractivity contribution in [1.82, 2.24) is 14.8 Å². The van der Waals surface area contributed by atoms with Crippen LogP contribution >= 0.6 is 0 Å². The fourth-order valence-corrected chi connectivity index (χ4v) is 6.33. The molecule has 2 aliphatic heterocycles. The van der Waals surface area contributed by atoms with Crippen LogP contribution in [0.25, 0.3) is 10.9 Å². The number of aromatic amines is 1. The van der Waals surface area contributed by atoms with Gasteiger partial charge >= 0.3 is 0 Å². The van der Waals surface area contributed by atoms with E-state index in [0.717, 1.165) is 39.7 Å². The maximum atomic E-state index is 14.4. The highest BCUT2D eigenvalue weighted by molar-refractivity contribution is 6.01. The average molecular weight is 554 g/mol. The van der Waals surface area contributed by atoms with E-state index in [1.807, 2.05) is 67.6 Å². The Hall–Kier alpha value is -4.46. The van der Waals surface area contributed by atoms with Gasteiger partial charge in [0, 0.05) is 29.9 Å². The fourth-order valence-electron chi connectivity index (χ4n) is 6.33. The van der Waals surface area contributed by atoms with Crippen LogP contribution in [0.2, 0.25) is 0 Å². The van der Waals surface area contributed by atoms with Gasteiger partial charge in [-0.3, -0.25) is 9.59 Å². The zero-order chi connectivity index (χ0) is 28.7. The van der Waals surface area contributed by atoms with Gasteiger partial charge in [-0.25, -0.2) is 0 Å². The molecule has 3 heterocycles. The Balaban J connectivity index is 1.45. The minimum atomic E-state index is -1.17. The van der Waals surface area contributed by atoms with Gasteiger partial charge in [0.1, 0.15) is 12.3 Å². The highest BCUT2D eigenvalue weighted by atomic mass is 16.5. The van der Waals surface area contributed by atoms with Crippen LogP contribution < -0.4 is 14.2 Å². The minimum absolute atomic E-state index is 0.0149. The van der Waals surface area contributed by atoms with Crippen LogP contribution in [0.4, 0.5) is 0 Å². The van der Waals surface area contributed by atoms with E-state index >= 15 is 0 Å². The lowest BCUT2D eigenvalue weighted by atomic mass is 9.76. The smallest absolute Gasteiger partial charge is 0.255 e. The van der Waals surface area contributed by atoms with Gasteiger partial charge in [0.15, 0.2) is 17.0 Å². The van der Waals surface area contributed by atoms with Gasteiger partial charge in [-0.2, -0.15) is 0 Å². The van der Waals surface area contributed by atoms with Gasteiger partial charge in [-0.15, -0.1) is 0 Å². The molecule has 0 bridgehead atoms. The lowest BCUT2D eigenvalue weighted by Crippen LogP contribution is -2.67. The number of hydrogen-bond donors (Lipinski definition) is 1. The first-order valence-electron chi connectivity index (χ1n) is 14.0. The molecular formula is C33H35N3O5. The number of nitrogens with zero attached hydrogens (tertiary/aromatic N) is 2. The fraction of sp³-hybridized carbons (Fsp3) is 0.333. The highest BCUT2D eigenvalue weighted by Gasteiger charge is 2.56. The van der Waals surface area contributed by atoms with Crippen LogP contribution in [0.1, 0.15) is 48.6 Å². The minimum Gasteiger partial charge on any atom is -0.497 e. The van der Waals surface area contributed by atoms with E-state index in [4.69, 9.17) is 14.2 Å². The lowest BCUT2D eigenvalue weighted by molar-refractivity contribution is -0.166. The molecule has 2 amide bonds. The van der Waals surface area contributed by atoms with Gasteiger partial charge in [-0.05, 0) is 60.4 Å². The molecule has 3 aromatic carbocycles. The van der Waals surface area contributed by atoms with Gasteiger partial charge in [0.2, 0.25) is 5.91 Å². The third kappa shape index (κ3) is 4.38. The molecule has 2 atom stereocenters. The molecule has 1 N–H and O–H groups in total. The Bertz CT molecular complexity index is 1630. The van der Waals surface area contributed by atoms with Crippen molar-refractivity contribution in [2.75, 3.05) is 33.9 Å². The second kappa shape index (κ2) is 10.5. The summed E-state index contributed by atoms with van der Waals surface area (Å²) in [6.45, 7) is 5.24. The van der Waals surface area contributed by atoms with Gasteiger partial charge in [0.05, 0.1) is 26.5 Å². The van der Waals surface area contributed by atoms with E-state index in [9.17, 15) is 9.59 Å². The maximum absolute atomic E-state index is 14.4. The molecule has 1 fully saturated rings. The van der Waals surface area contributed by atoms with Crippen LogP contribution in [-0.2, 0) is 21.7 Å². The number of H-pyrrole nitrogens is 1. The summed E-state index contributed by atoms with van der Waals surface area (Å²) in [6.07, 6.45) is 0.894. The number of rotatable bonds is 8. The topological polar surface area (TPSA) is 84.1 Å². The van der Waals surface area contributed by atoms with Gasteiger partial charge in [-0.1, -0.05) is 43.3 Å². The Kier molecular flexibility index (Phi) is 6.85. The predicted molar refractivity (Wildman–Crippen MR) is 156 cm³/mol. The molecule has 4 aromatic rings. The number of carbonyl (C=O) groups is 2. The second-order valence-electron chi connectivity index (χ2n) is 10.9. The van der Waals surface area contributed by atoms with Crippen molar-refractivity contribution < 1.29 is 23.8 Å². The highest BCUT2D eigenvalue weighted by Crippen LogP contribution is 2.49. The van der Waals surface area contributed by atoms with Crippen molar-refractivity contribution in [1.29, 1.82) is 0 Å². The van der Waals surface area contributed by atoms with Crippen LogP contribution in [0.3, 0.4) is 0 Å². The monoisotopic (exact) mass is 553 g/mol. The summed E-state index contributed by atoms with van der Waals surface area (Å²) in [4.78, 5) is 35.2. The second-order valence-corrected chi connectivity index (χ2v) is 10.9. The number of aromatic nitrogens is 1. The summed E-state index contributed by atoms with van der Waals surface area (Å²) in [5, 5.41) is 1.05. The molecule has 41 heavy (non-hydrogen) atoms. The molecular weight excluding hydrogens is 518 g/mol. The standard InChI is InChI=1S/C33H35N3O5/c1-5-15-41-27-14-13-22(17-28(27)40-4)25-19-36-29(37)20-35(18-21-9-8-10-23(16-21)39-3)32(38)33(36,2)31-30(25)24-11-6-7-12-26(24)34-31/h6-14,16-17,25,34H,5,15,18-20H2,1-4H3/t25-,33-/m0/s1. The molecule has 8 nitrogen and oxygen atoms in total. The predicted octanol–water partition coefficient (Wildman–Crippen LogP) is 5.21. The molecule has 2 aliphatic rings. The van der Waals surface area contributed by atoms with Crippen molar-refractivity contribution in [2.24, 2.45) is 0 Å². The first-order valence-corrected chi connectivity index (χ1v) is 14.0. The Morgan fingerprint density at radius 2 is 1.80 bits per heavy atom. The van der Waals surface area contributed by atoms with E-state index < -0.39 is 5.54 Å². The number of carbonyl (C=O) groups excluding carboxylic acids is 2. The van der Waals surface area contributed by atoms with Crippen LogP contribution in [0.5, 0.6) is 17.2 Å². The number of nitrogens with one attached hydrogen (secondary N) is 1. The molecule has 8 heteroatoms. The van der Waals surface area contributed by atoms with Gasteiger partial charge < -0.3 is 29.0 Å². The molecule has 0 saturated carbocycles. The third-order valence-electron chi connectivity index (χ3n) is 8.38. The summed E-state index contributed by atoms with van der Waals surface area (Å²) in [5.41, 5.74) is 3.46. The Morgan fingerprint density at radius 3 is 2.59 bits per heavy atom. The first-order chi connectivity index (χ1) is 19.9. The number of amides is 2. The number of para-hydroxylation sites is 1. The molecule has 0 aliphatic carbocycles. The van der Waals surface area contributed by atoms with Crippen LogP contribution in [-0.4, -0.2) is 60.5 Å². The molecule has 0 unspecified atom stereocenters. The summed E-state index contributed by atoms with van der Waals surface area (Å²) < 4.78 is 17.0.